The van der Waals surface area contributed by atoms with Gasteiger partial charge in [0.2, 0.25) is 11.8 Å². The van der Waals surface area contributed by atoms with Crippen LogP contribution in [0.4, 0.5) is 17.3 Å². The number of nitrogens with one attached hydrogen (secondary N) is 2. The van der Waals surface area contributed by atoms with Gasteiger partial charge in [-0.25, -0.2) is 24.9 Å². The first-order valence-corrected chi connectivity index (χ1v) is 15.4. The molecule has 8 rings (SSSR count). The number of pyridine rings is 1. The standard InChI is InChI=1S/C32H35N9O3/c1-17-6-7-33-29(34-17)22-9-23(22)31(43)39-27-10-26(36-19(3)37-27)35-18(2)24-13-40-12-21(20-4-5-20)8-25(30(40)38-24)41-14-32(11-28(41)42)15-44-16-32/h6-8,10,12-13,18,20,22-23H,4-5,9,11,14-16H2,1-3H3,(H2,35,36,37,39,43)/t18-,22?,23?/m1/s1. The van der Waals surface area contributed by atoms with Crippen LogP contribution in [0.2, 0.25) is 0 Å². The molecule has 0 bridgehead atoms. The molecule has 226 valence electrons. The number of nitrogens with zero attached hydrogens (tertiary/aromatic N) is 7. The first kappa shape index (κ1) is 27.1. The molecule has 2 saturated heterocycles. The van der Waals surface area contributed by atoms with Gasteiger partial charge in [-0.05, 0) is 63.6 Å². The lowest BCUT2D eigenvalue weighted by molar-refractivity contribution is -0.126. The highest BCUT2D eigenvalue weighted by Crippen LogP contribution is 2.47. The van der Waals surface area contributed by atoms with E-state index in [2.05, 4.69) is 47.2 Å². The Kier molecular flexibility index (Phi) is 6.19. The molecule has 12 heteroatoms. The predicted octanol–water partition coefficient (Wildman–Crippen LogP) is 4.08. The van der Waals surface area contributed by atoms with Gasteiger partial charge < -0.3 is 24.7 Å². The maximum atomic E-state index is 13.2. The van der Waals surface area contributed by atoms with Crippen molar-refractivity contribution in [1.82, 2.24) is 29.3 Å². The van der Waals surface area contributed by atoms with Crippen LogP contribution >= 0.6 is 0 Å². The van der Waals surface area contributed by atoms with Gasteiger partial charge in [0.1, 0.15) is 23.3 Å². The number of anilines is 3. The molecule has 3 atom stereocenters. The van der Waals surface area contributed by atoms with Crippen LogP contribution < -0.4 is 15.5 Å². The molecule has 0 radical (unpaired) electrons. The smallest absolute Gasteiger partial charge is 0.229 e. The highest BCUT2D eigenvalue weighted by atomic mass is 16.5. The van der Waals surface area contributed by atoms with Gasteiger partial charge in [-0.15, -0.1) is 0 Å². The number of carbonyl (C=O) groups excluding carboxylic acids is 2. The van der Waals surface area contributed by atoms with Crippen LogP contribution in [0.15, 0.2) is 36.8 Å². The first-order valence-electron chi connectivity index (χ1n) is 15.4. The molecule has 12 nitrogen and oxygen atoms in total. The quantitative estimate of drug-likeness (QED) is 0.309. The zero-order chi connectivity index (χ0) is 30.2. The normalized spacial score (nSPS) is 22.7. The van der Waals surface area contributed by atoms with E-state index in [-0.39, 0.29) is 35.1 Å². The van der Waals surface area contributed by atoms with Crippen molar-refractivity contribution in [3.05, 3.63) is 65.4 Å². The zero-order valence-corrected chi connectivity index (χ0v) is 25.1. The second-order valence-corrected chi connectivity index (χ2v) is 13.0. The summed E-state index contributed by atoms with van der Waals surface area (Å²) in [6.07, 6.45) is 9.50. The number of hydrogen-bond donors (Lipinski definition) is 2. The minimum atomic E-state index is -0.197. The third kappa shape index (κ3) is 4.96. The number of rotatable bonds is 8. The fourth-order valence-corrected chi connectivity index (χ4v) is 6.50. The minimum absolute atomic E-state index is 0.0271. The van der Waals surface area contributed by atoms with Crippen LogP contribution in [0.25, 0.3) is 5.65 Å². The molecule has 4 aliphatic rings. The van der Waals surface area contributed by atoms with Gasteiger partial charge >= 0.3 is 0 Å². The maximum absolute atomic E-state index is 13.2. The SMILES string of the molecule is Cc1ccnc(C2CC2C(=O)Nc2cc(N[C@H](C)c3cn4cc(C5CC5)cc(N5CC6(COC6)CC5=O)c4n3)nc(C)n2)n1. The van der Waals surface area contributed by atoms with Gasteiger partial charge in [0.25, 0.3) is 0 Å². The molecule has 1 spiro atoms. The lowest BCUT2D eigenvalue weighted by Crippen LogP contribution is -2.44. The van der Waals surface area contributed by atoms with Crippen molar-refractivity contribution >= 4 is 34.8 Å². The summed E-state index contributed by atoms with van der Waals surface area (Å²) in [5.74, 6) is 2.71. The second kappa shape index (κ2) is 10.0. The Bertz CT molecular complexity index is 1810. The molecule has 2 amide bonds. The number of hydrogen-bond acceptors (Lipinski definition) is 9. The Balaban J connectivity index is 1.01. The molecule has 2 unspecified atom stereocenters. The molecular weight excluding hydrogens is 558 g/mol. The van der Waals surface area contributed by atoms with Crippen molar-refractivity contribution in [2.45, 2.75) is 64.3 Å². The summed E-state index contributed by atoms with van der Waals surface area (Å²) in [4.78, 5) is 51.0. The molecule has 2 N–H and O–H groups in total. The van der Waals surface area contributed by atoms with Crippen LogP contribution in [0.1, 0.15) is 79.1 Å². The predicted molar refractivity (Wildman–Crippen MR) is 162 cm³/mol. The van der Waals surface area contributed by atoms with Gasteiger partial charge in [-0.3, -0.25) is 9.59 Å². The van der Waals surface area contributed by atoms with E-state index in [1.54, 1.807) is 19.2 Å². The topological polar surface area (TPSA) is 140 Å². The molecule has 0 aromatic carbocycles. The van der Waals surface area contributed by atoms with E-state index in [0.717, 1.165) is 29.1 Å². The van der Waals surface area contributed by atoms with Crippen molar-refractivity contribution in [3.63, 3.8) is 0 Å². The Morgan fingerprint density at radius 1 is 1.09 bits per heavy atom. The molecule has 4 aromatic rings. The van der Waals surface area contributed by atoms with E-state index in [0.29, 0.717) is 55.4 Å². The van der Waals surface area contributed by atoms with Crippen molar-refractivity contribution in [3.8, 4) is 0 Å². The number of aromatic nitrogens is 6. The zero-order valence-electron chi connectivity index (χ0n) is 25.1. The monoisotopic (exact) mass is 593 g/mol. The van der Waals surface area contributed by atoms with E-state index in [1.165, 1.54) is 18.4 Å². The van der Waals surface area contributed by atoms with Gasteiger partial charge in [-0.2, -0.15) is 0 Å². The molecule has 4 fully saturated rings. The minimum Gasteiger partial charge on any atom is -0.380 e. The Labute approximate surface area is 254 Å². The Hall–Kier alpha value is -4.45. The van der Waals surface area contributed by atoms with Gasteiger partial charge in [0.05, 0.1) is 30.6 Å². The van der Waals surface area contributed by atoms with E-state index in [1.807, 2.05) is 31.0 Å². The Morgan fingerprint density at radius 3 is 2.64 bits per heavy atom. The molecular formula is C32H35N9O3. The van der Waals surface area contributed by atoms with Crippen molar-refractivity contribution in [1.29, 1.82) is 0 Å². The third-order valence-corrected chi connectivity index (χ3v) is 9.22. The average molecular weight is 594 g/mol. The summed E-state index contributed by atoms with van der Waals surface area (Å²) in [5.41, 5.74) is 4.54. The average Bonchev–Trinajstić information content (AvgIpc) is 3.89. The number of ether oxygens (including phenoxy) is 1. The maximum Gasteiger partial charge on any atom is 0.229 e. The summed E-state index contributed by atoms with van der Waals surface area (Å²) in [5, 5.41) is 6.41. The van der Waals surface area contributed by atoms with Gasteiger partial charge in [-0.1, -0.05) is 0 Å². The number of imidazole rings is 1. The number of aryl methyl sites for hydroxylation is 2. The van der Waals surface area contributed by atoms with Crippen molar-refractivity contribution in [2.75, 3.05) is 35.3 Å². The third-order valence-electron chi connectivity index (χ3n) is 9.22. The molecule has 44 heavy (non-hydrogen) atoms. The molecule has 2 aliphatic heterocycles. The fraction of sp³-hybridized carbons (Fsp3) is 0.469. The van der Waals surface area contributed by atoms with Crippen LogP contribution in [0.3, 0.4) is 0 Å². The number of amides is 2. The number of carbonyl (C=O) groups is 2. The lowest BCUT2D eigenvalue weighted by Gasteiger charge is -2.36. The molecule has 6 heterocycles. The summed E-state index contributed by atoms with van der Waals surface area (Å²) in [6, 6.07) is 5.57. The molecule has 4 aromatic heterocycles. The largest absolute Gasteiger partial charge is 0.380 e. The summed E-state index contributed by atoms with van der Waals surface area (Å²) in [7, 11) is 0. The van der Waals surface area contributed by atoms with Crippen LogP contribution in [-0.4, -0.2) is 60.9 Å². The molecule has 2 aliphatic carbocycles. The van der Waals surface area contributed by atoms with E-state index < -0.39 is 0 Å². The highest BCUT2D eigenvalue weighted by molar-refractivity contribution is 6.00. The van der Waals surface area contributed by atoms with Gasteiger partial charge in [0.15, 0.2) is 5.65 Å². The lowest BCUT2D eigenvalue weighted by atomic mass is 9.85. The van der Waals surface area contributed by atoms with Gasteiger partial charge in [0, 0.05) is 60.6 Å². The highest BCUT2D eigenvalue weighted by Gasteiger charge is 2.50. The van der Waals surface area contributed by atoms with Crippen LogP contribution in [0.5, 0.6) is 0 Å². The second-order valence-electron chi connectivity index (χ2n) is 13.0. The number of fused-ring (bicyclic) bond motifs is 1. The van der Waals surface area contributed by atoms with Crippen LogP contribution in [-0.2, 0) is 14.3 Å². The van der Waals surface area contributed by atoms with E-state index in [4.69, 9.17) is 9.72 Å². The van der Waals surface area contributed by atoms with E-state index >= 15 is 0 Å². The Morgan fingerprint density at radius 2 is 1.91 bits per heavy atom. The van der Waals surface area contributed by atoms with Crippen LogP contribution in [0, 0.1) is 25.2 Å². The first-order chi connectivity index (χ1) is 21.2. The summed E-state index contributed by atoms with van der Waals surface area (Å²) >= 11 is 0. The summed E-state index contributed by atoms with van der Waals surface area (Å²) in [6.45, 7) is 7.69. The summed E-state index contributed by atoms with van der Waals surface area (Å²) < 4.78 is 7.54. The fourth-order valence-electron chi connectivity index (χ4n) is 6.50. The van der Waals surface area contributed by atoms with Crippen molar-refractivity contribution < 1.29 is 14.3 Å². The van der Waals surface area contributed by atoms with E-state index in [9.17, 15) is 9.59 Å². The van der Waals surface area contributed by atoms with Crippen molar-refractivity contribution in [2.24, 2.45) is 11.3 Å². The molecule has 2 saturated carbocycles.